The highest BCUT2D eigenvalue weighted by Crippen LogP contribution is 2.19. The predicted molar refractivity (Wildman–Crippen MR) is 160 cm³/mol. The second kappa shape index (κ2) is 21.1. The summed E-state index contributed by atoms with van der Waals surface area (Å²) in [6, 6.07) is 10.4. The molecule has 202 valence electrons. The number of hydrogen-bond donors (Lipinski definition) is 1. The van der Waals surface area contributed by atoms with Crippen LogP contribution in [0, 0.1) is 5.82 Å². The van der Waals surface area contributed by atoms with E-state index in [2.05, 4.69) is 33.6 Å². The largest absolute Gasteiger partial charge is 0.401 e. The van der Waals surface area contributed by atoms with Crippen molar-refractivity contribution in [2.75, 3.05) is 12.9 Å². The SMILES string of the molecule is C=CC/C=C(/N)CCl.CC.CC(Cl)=NCc1nn(Cc2ccccc2F)c2ncccc12.CCC=NC. The molecule has 3 rings (SSSR count). The van der Waals surface area contributed by atoms with E-state index in [0.717, 1.165) is 23.9 Å². The fourth-order valence-electron chi connectivity index (χ4n) is 2.75. The van der Waals surface area contributed by atoms with Crippen LogP contribution in [-0.4, -0.2) is 39.1 Å². The summed E-state index contributed by atoms with van der Waals surface area (Å²) in [5.41, 5.74) is 8.11. The molecule has 0 saturated carbocycles. The molecule has 0 spiro atoms. The van der Waals surface area contributed by atoms with Crippen molar-refractivity contribution in [3.63, 3.8) is 0 Å². The van der Waals surface area contributed by atoms with Crippen LogP contribution in [0.25, 0.3) is 11.0 Å². The van der Waals surface area contributed by atoms with Crippen LogP contribution < -0.4 is 5.73 Å². The van der Waals surface area contributed by atoms with Gasteiger partial charge < -0.3 is 10.7 Å². The number of aromatic nitrogens is 3. The van der Waals surface area contributed by atoms with Gasteiger partial charge in [-0.05, 0) is 44.2 Å². The lowest BCUT2D eigenvalue weighted by Crippen LogP contribution is -2.04. The van der Waals surface area contributed by atoms with Crippen LogP contribution in [0.1, 0.15) is 51.8 Å². The van der Waals surface area contributed by atoms with Crippen molar-refractivity contribution in [2.24, 2.45) is 15.7 Å². The van der Waals surface area contributed by atoms with Gasteiger partial charge >= 0.3 is 0 Å². The molecule has 6 nitrogen and oxygen atoms in total. The Hall–Kier alpha value is -3.03. The van der Waals surface area contributed by atoms with E-state index < -0.39 is 0 Å². The quantitative estimate of drug-likeness (QED) is 0.179. The van der Waals surface area contributed by atoms with Gasteiger partial charge in [0.05, 0.1) is 29.8 Å². The number of fused-ring (bicyclic) bond motifs is 1. The van der Waals surface area contributed by atoms with Crippen molar-refractivity contribution < 1.29 is 4.39 Å². The number of halogens is 3. The highest BCUT2D eigenvalue weighted by molar-refractivity contribution is 6.64. The molecule has 2 heterocycles. The first kappa shape index (κ1) is 34.0. The summed E-state index contributed by atoms with van der Waals surface area (Å²) in [6.45, 7) is 12.0. The molecular formula is C28H39Cl2FN6. The number of rotatable bonds is 8. The number of allylic oxidation sites excluding steroid dienone is 3. The molecule has 0 amide bonds. The summed E-state index contributed by atoms with van der Waals surface area (Å²) in [5, 5.41) is 5.90. The molecule has 2 aromatic heterocycles. The van der Waals surface area contributed by atoms with Gasteiger partial charge in [-0.2, -0.15) is 5.10 Å². The molecule has 9 heteroatoms. The topological polar surface area (TPSA) is 81.5 Å². The molecule has 0 bridgehead atoms. The van der Waals surface area contributed by atoms with Crippen LogP contribution in [-0.2, 0) is 13.1 Å². The first-order valence-electron chi connectivity index (χ1n) is 12.1. The molecule has 0 saturated heterocycles. The Kier molecular flexibility index (Phi) is 19.4. The van der Waals surface area contributed by atoms with Gasteiger partial charge in [0.1, 0.15) is 5.82 Å². The lowest BCUT2D eigenvalue weighted by atomic mass is 10.2. The maximum atomic E-state index is 13.8. The fourth-order valence-corrected chi connectivity index (χ4v) is 2.91. The van der Waals surface area contributed by atoms with Crippen LogP contribution in [0.3, 0.4) is 0 Å². The number of hydrogen-bond acceptors (Lipinski definition) is 5. The molecule has 0 aliphatic heterocycles. The van der Waals surface area contributed by atoms with E-state index in [1.165, 1.54) is 6.07 Å². The predicted octanol–water partition coefficient (Wildman–Crippen LogP) is 7.54. The van der Waals surface area contributed by atoms with Crippen LogP contribution in [0.4, 0.5) is 4.39 Å². The highest BCUT2D eigenvalue weighted by Gasteiger charge is 2.12. The minimum Gasteiger partial charge on any atom is -0.401 e. The van der Waals surface area contributed by atoms with Crippen molar-refractivity contribution in [3.05, 3.63) is 84.1 Å². The number of benzene rings is 1. The van der Waals surface area contributed by atoms with Crippen LogP contribution in [0.2, 0.25) is 0 Å². The average Bonchev–Trinajstić information content (AvgIpc) is 3.27. The Bertz CT molecular complexity index is 1130. The number of pyridine rings is 1. The first-order valence-corrected chi connectivity index (χ1v) is 13.0. The number of alkyl halides is 1. The minimum absolute atomic E-state index is 0.252. The maximum absolute atomic E-state index is 13.8. The summed E-state index contributed by atoms with van der Waals surface area (Å²) < 4.78 is 15.5. The molecule has 2 N–H and O–H groups in total. The van der Waals surface area contributed by atoms with Crippen molar-refractivity contribution in [2.45, 2.75) is 53.6 Å². The van der Waals surface area contributed by atoms with E-state index in [1.54, 1.807) is 49.1 Å². The van der Waals surface area contributed by atoms with Crippen LogP contribution in [0.15, 0.2) is 77.0 Å². The molecule has 37 heavy (non-hydrogen) atoms. The Labute approximate surface area is 230 Å². The molecular weight excluding hydrogens is 510 g/mol. The van der Waals surface area contributed by atoms with E-state index in [9.17, 15) is 4.39 Å². The Morgan fingerprint density at radius 1 is 1.22 bits per heavy atom. The summed E-state index contributed by atoms with van der Waals surface area (Å²) in [7, 11) is 1.78. The van der Waals surface area contributed by atoms with Gasteiger partial charge in [-0.1, -0.05) is 62.7 Å². The van der Waals surface area contributed by atoms with Gasteiger partial charge in [0, 0.05) is 29.9 Å². The highest BCUT2D eigenvalue weighted by atomic mass is 35.5. The van der Waals surface area contributed by atoms with Crippen molar-refractivity contribution in [1.82, 2.24) is 14.8 Å². The standard InChI is InChI=1S/C16H14ClFN4.C6H10ClN.C4H9N.C2H6/c1-11(17)20-9-15-13-6-4-8-19-16(13)22(21-15)10-12-5-2-3-7-14(12)18;1-2-3-4-6(8)5-7;1-3-4-5-2;1-2/h2-8H,9-10H2,1H3;2,4H,1,3,5,8H2;4H,3H2,1-2H3;1-2H3/b;6-4+;;. The molecule has 0 atom stereocenters. The Balaban J connectivity index is 0.000000718. The van der Waals surface area contributed by atoms with Crippen LogP contribution >= 0.6 is 23.2 Å². The second-order valence-corrected chi connectivity index (χ2v) is 7.98. The van der Waals surface area contributed by atoms with Crippen molar-refractivity contribution >= 4 is 45.6 Å². The van der Waals surface area contributed by atoms with Gasteiger partial charge in [-0.15, -0.1) is 18.2 Å². The van der Waals surface area contributed by atoms with Crippen molar-refractivity contribution in [3.8, 4) is 0 Å². The summed E-state index contributed by atoms with van der Waals surface area (Å²) in [5.74, 6) is 0.159. The lowest BCUT2D eigenvalue weighted by molar-refractivity contribution is 0.587. The van der Waals surface area contributed by atoms with Gasteiger partial charge in [-0.25, -0.2) is 14.1 Å². The molecule has 0 fully saturated rings. The van der Waals surface area contributed by atoms with Gasteiger partial charge in [0.15, 0.2) is 5.65 Å². The maximum Gasteiger partial charge on any atom is 0.158 e. The zero-order valence-electron chi connectivity index (χ0n) is 22.5. The number of nitrogens with zero attached hydrogens (tertiary/aromatic N) is 5. The van der Waals surface area contributed by atoms with Gasteiger partial charge in [-0.3, -0.25) is 4.99 Å². The summed E-state index contributed by atoms with van der Waals surface area (Å²) in [6.07, 6.45) is 9.05. The summed E-state index contributed by atoms with van der Waals surface area (Å²) >= 11 is 11.1. The average molecular weight is 550 g/mol. The Morgan fingerprint density at radius 3 is 2.46 bits per heavy atom. The molecule has 0 radical (unpaired) electrons. The smallest absolute Gasteiger partial charge is 0.158 e. The van der Waals surface area contributed by atoms with E-state index in [4.69, 9.17) is 28.9 Å². The second-order valence-electron chi connectivity index (χ2n) is 7.17. The third kappa shape index (κ3) is 13.7. The van der Waals surface area contributed by atoms with E-state index >= 15 is 0 Å². The zero-order valence-corrected chi connectivity index (χ0v) is 24.0. The van der Waals surface area contributed by atoms with E-state index in [-0.39, 0.29) is 5.82 Å². The third-order valence-corrected chi connectivity index (χ3v) is 4.80. The minimum atomic E-state index is -0.252. The fraction of sp³-hybridized carbons (Fsp3) is 0.357. The summed E-state index contributed by atoms with van der Waals surface area (Å²) in [4.78, 5) is 12.3. The van der Waals surface area contributed by atoms with E-state index in [1.807, 2.05) is 38.3 Å². The van der Waals surface area contributed by atoms with Gasteiger partial charge in [0.25, 0.3) is 0 Å². The van der Waals surface area contributed by atoms with Crippen LogP contribution in [0.5, 0.6) is 0 Å². The molecule has 3 aromatic rings. The normalized spacial score (nSPS) is 11.1. The van der Waals surface area contributed by atoms with E-state index in [0.29, 0.717) is 41.0 Å². The molecule has 0 aliphatic rings. The number of aliphatic imine (C=N–C) groups is 2. The molecule has 0 aliphatic carbocycles. The third-order valence-electron chi connectivity index (χ3n) is 4.37. The Morgan fingerprint density at radius 2 is 1.92 bits per heavy atom. The molecule has 1 aromatic carbocycles. The molecule has 0 unspecified atom stereocenters. The number of nitrogens with two attached hydrogens (primary N) is 1. The lowest BCUT2D eigenvalue weighted by Gasteiger charge is -2.04. The van der Waals surface area contributed by atoms with Gasteiger partial charge in [0.2, 0.25) is 0 Å². The zero-order chi connectivity index (χ0) is 28.1. The monoisotopic (exact) mass is 548 g/mol. The first-order chi connectivity index (χ1) is 17.9. The van der Waals surface area contributed by atoms with Crippen molar-refractivity contribution in [1.29, 1.82) is 0 Å².